The number of anilines is 1. The number of amides is 2. The molecular weight excluding hydrogens is 391 g/mol. The van der Waals surface area contributed by atoms with E-state index < -0.39 is 6.04 Å². The van der Waals surface area contributed by atoms with Crippen LogP contribution in [0, 0.1) is 12.7 Å². The average molecular weight is 409 g/mol. The number of carbonyl (C=O) groups is 2. The normalized spacial score (nSPS) is 16.0. The van der Waals surface area contributed by atoms with Crippen LogP contribution in [-0.4, -0.2) is 23.3 Å². The molecule has 1 heterocycles. The number of fused-ring (bicyclic) bond motifs is 1. The summed E-state index contributed by atoms with van der Waals surface area (Å²) in [5.41, 5.74) is 3.56. The summed E-state index contributed by atoms with van der Waals surface area (Å²) in [6.07, 6.45) is 0. The van der Waals surface area contributed by atoms with E-state index >= 15 is 0 Å². The summed E-state index contributed by atoms with van der Waals surface area (Å²) < 4.78 is 13.6. The van der Waals surface area contributed by atoms with Crippen LogP contribution in [0.2, 0.25) is 5.02 Å². The van der Waals surface area contributed by atoms with Crippen LogP contribution in [-0.2, 0) is 4.79 Å². The third-order valence-electron chi connectivity index (χ3n) is 4.94. The van der Waals surface area contributed by atoms with Gasteiger partial charge in [0.2, 0.25) is 5.91 Å². The molecule has 3 aromatic rings. The summed E-state index contributed by atoms with van der Waals surface area (Å²) in [4.78, 5) is 27.5. The second-order valence-corrected chi connectivity index (χ2v) is 7.47. The largest absolute Gasteiger partial charge is 0.324 e. The lowest BCUT2D eigenvalue weighted by Crippen LogP contribution is -2.39. The van der Waals surface area contributed by atoms with Crippen molar-refractivity contribution in [3.63, 3.8) is 0 Å². The smallest absolute Gasteiger partial charge is 0.255 e. The Balaban J connectivity index is 1.88. The molecule has 146 valence electrons. The number of hydrogen-bond donors (Lipinski definition) is 1. The van der Waals surface area contributed by atoms with Crippen LogP contribution in [0.25, 0.3) is 0 Å². The Morgan fingerprint density at radius 3 is 2.45 bits per heavy atom. The summed E-state index contributed by atoms with van der Waals surface area (Å²) in [5, 5.41) is 3.40. The molecule has 4 nitrogen and oxygen atoms in total. The first-order valence-electron chi connectivity index (χ1n) is 9.15. The molecule has 6 heteroatoms. The molecule has 0 saturated carbocycles. The molecule has 0 radical (unpaired) electrons. The van der Waals surface area contributed by atoms with Crippen molar-refractivity contribution in [1.29, 1.82) is 0 Å². The zero-order valence-corrected chi connectivity index (χ0v) is 16.4. The van der Waals surface area contributed by atoms with E-state index in [2.05, 4.69) is 5.32 Å². The molecule has 3 aromatic carbocycles. The van der Waals surface area contributed by atoms with Crippen LogP contribution >= 0.6 is 11.6 Å². The van der Waals surface area contributed by atoms with E-state index in [4.69, 9.17) is 11.6 Å². The molecule has 0 bridgehead atoms. The van der Waals surface area contributed by atoms with Crippen LogP contribution in [0.15, 0.2) is 66.7 Å². The number of benzene rings is 3. The predicted molar refractivity (Wildman–Crippen MR) is 111 cm³/mol. The average Bonchev–Trinajstić information content (AvgIpc) is 2.84. The van der Waals surface area contributed by atoms with Crippen molar-refractivity contribution in [2.24, 2.45) is 0 Å². The molecule has 2 amide bonds. The van der Waals surface area contributed by atoms with Gasteiger partial charge in [-0.15, -0.1) is 0 Å². The van der Waals surface area contributed by atoms with Crippen molar-refractivity contribution in [3.05, 3.63) is 99.8 Å². The number of carbonyl (C=O) groups excluding carboxylic acids is 2. The molecule has 1 aliphatic rings. The van der Waals surface area contributed by atoms with E-state index in [-0.39, 0.29) is 24.2 Å². The van der Waals surface area contributed by atoms with Gasteiger partial charge < -0.3 is 10.2 Å². The summed E-state index contributed by atoms with van der Waals surface area (Å²) in [5.74, 6) is -0.959. The zero-order valence-electron chi connectivity index (χ0n) is 15.7. The van der Waals surface area contributed by atoms with Gasteiger partial charge in [0.1, 0.15) is 12.4 Å². The lowest BCUT2D eigenvalue weighted by molar-refractivity contribution is -0.117. The van der Waals surface area contributed by atoms with Crippen molar-refractivity contribution in [2.45, 2.75) is 13.0 Å². The van der Waals surface area contributed by atoms with Gasteiger partial charge in [0.25, 0.3) is 5.91 Å². The summed E-state index contributed by atoms with van der Waals surface area (Å²) >= 11 is 5.95. The van der Waals surface area contributed by atoms with Crippen molar-refractivity contribution in [3.8, 4) is 0 Å². The lowest BCUT2D eigenvalue weighted by atomic mass is 9.94. The third kappa shape index (κ3) is 3.87. The fraction of sp³-hybridized carbons (Fsp3) is 0.130. The molecule has 0 spiro atoms. The molecule has 0 saturated heterocycles. The molecule has 1 atom stereocenters. The lowest BCUT2D eigenvalue weighted by Gasteiger charge is -2.31. The highest BCUT2D eigenvalue weighted by atomic mass is 35.5. The Bertz CT molecular complexity index is 1080. The molecule has 1 unspecified atom stereocenters. The Hall–Kier alpha value is -3.18. The molecular formula is C23H18ClFN2O2. The quantitative estimate of drug-likeness (QED) is 0.650. The first-order chi connectivity index (χ1) is 13.9. The second-order valence-electron chi connectivity index (χ2n) is 7.03. The van der Waals surface area contributed by atoms with Crippen molar-refractivity contribution >= 4 is 29.1 Å². The van der Waals surface area contributed by atoms with Crippen LogP contribution in [0.5, 0.6) is 0 Å². The molecule has 0 fully saturated rings. The Labute approximate surface area is 172 Å². The standard InChI is InChI=1S/C23H18ClFN2O2/c1-14-2-11-20-19(12-14)22(15-5-9-18(25)10-6-15)27(13-21(28)26-20)23(29)16-3-7-17(24)8-4-16/h2-12,22H,13H2,1H3,(H,26,28). The highest BCUT2D eigenvalue weighted by Crippen LogP contribution is 2.37. The number of hydrogen-bond acceptors (Lipinski definition) is 2. The van der Waals surface area contributed by atoms with E-state index in [0.29, 0.717) is 16.3 Å². The Kier molecular flexibility index (Phi) is 5.07. The monoisotopic (exact) mass is 408 g/mol. The number of nitrogens with zero attached hydrogens (tertiary/aromatic N) is 1. The predicted octanol–water partition coefficient (Wildman–Crippen LogP) is 4.97. The van der Waals surface area contributed by atoms with Gasteiger partial charge in [0, 0.05) is 21.8 Å². The van der Waals surface area contributed by atoms with Gasteiger partial charge in [-0.3, -0.25) is 9.59 Å². The fourth-order valence-electron chi connectivity index (χ4n) is 3.58. The topological polar surface area (TPSA) is 49.4 Å². The first kappa shape index (κ1) is 19.2. The van der Waals surface area contributed by atoms with Crippen LogP contribution < -0.4 is 5.32 Å². The summed E-state index contributed by atoms with van der Waals surface area (Å²) in [6.45, 7) is 1.82. The van der Waals surface area contributed by atoms with Gasteiger partial charge in [-0.1, -0.05) is 41.4 Å². The fourth-order valence-corrected chi connectivity index (χ4v) is 3.70. The van der Waals surface area contributed by atoms with E-state index in [1.165, 1.54) is 17.0 Å². The minimum absolute atomic E-state index is 0.128. The van der Waals surface area contributed by atoms with Gasteiger partial charge in [0.15, 0.2) is 0 Å². The number of aryl methyl sites for hydroxylation is 1. The highest BCUT2D eigenvalue weighted by molar-refractivity contribution is 6.30. The summed E-state index contributed by atoms with van der Waals surface area (Å²) in [7, 11) is 0. The maximum absolute atomic E-state index is 13.6. The van der Waals surface area contributed by atoms with Gasteiger partial charge in [-0.25, -0.2) is 4.39 Å². The molecule has 0 aliphatic carbocycles. The molecule has 1 aliphatic heterocycles. The highest BCUT2D eigenvalue weighted by Gasteiger charge is 2.34. The minimum Gasteiger partial charge on any atom is -0.324 e. The Morgan fingerprint density at radius 1 is 1.07 bits per heavy atom. The number of rotatable bonds is 2. The van der Waals surface area contributed by atoms with E-state index in [1.54, 1.807) is 36.4 Å². The van der Waals surface area contributed by atoms with Crippen molar-refractivity contribution < 1.29 is 14.0 Å². The van der Waals surface area contributed by atoms with Gasteiger partial charge >= 0.3 is 0 Å². The van der Waals surface area contributed by atoms with Crippen LogP contribution in [0.4, 0.5) is 10.1 Å². The van der Waals surface area contributed by atoms with Gasteiger partial charge in [-0.05, 0) is 55.0 Å². The van der Waals surface area contributed by atoms with Crippen molar-refractivity contribution in [1.82, 2.24) is 4.90 Å². The number of nitrogens with one attached hydrogen (secondary N) is 1. The zero-order chi connectivity index (χ0) is 20.5. The second kappa shape index (κ2) is 7.68. The Morgan fingerprint density at radius 2 is 1.76 bits per heavy atom. The molecule has 29 heavy (non-hydrogen) atoms. The van der Waals surface area contributed by atoms with E-state index in [1.807, 2.05) is 25.1 Å². The first-order valence-corrected chi connectivity index (χ1v) is 9.52. The maximum atomic E-state index is 13.6. The van der Waals surface area contributed by atoms with E-state index in [0.717, 1.165) is 16.7 Å². The minimum atomic E-state index is -0.548. The van der Waals surface area contributed by atoms with Crippen LogP contribution in [0.3, 0.4) is 0 Å². The van der Waals surface area contributed by atoms with Gasteiger partial charge in [0.05, 0.1) is 6.04 Å². The van der Waals surface area contributed by atoms with Crippen molar-refractivity contribution in [2.75, 3.05) is 11.9 Å². The van der Waals surface area contributed by atoms with Gasteiger partial charge in [-0.2, -0.15) is 0 Å². The molecule has 0 aromatic heterocycles. The third-order valence-corrected chi connectivity index (χ3v) is 5.19. The van der Waals surface area contributed by atoms with E-state index in [9.17, 15) is 14.0 Å². The van der Waals surface area contributed by atoms with Crippen LogP contribution in [0.1, 0.15) is 33.1 Å². The summed E-state index contributed by atoms with van der Waals surface area (Å²) in [6, 6.07) is 17.7. The number of halogens is 2. The molecule has 1 N–H and O–H groups in total. The maximum Gasteiger partial charge on any atom is 0.255 e. The SMILES string of the molecule is Cc1ccc2c(c1)C(c1ccc(F)cc1)N(C(=O)c1ccc(Cl)cc1)CC(=O)N2. The molecule has 4 rings (SSSR count).